The van der Waals surface area contributed by atoms with E-state index in [1.165, 1.54) is 0 Å². The van der Waals surface area contributed by atoms with Crippen LogP contribution in [0.5, 0.6) is 0 Å². The molecule has 2 N–H and O–H groups in total. The smallest absolute Gasteiger partial charge is 0.119 e. The fraction of sp³-hybridized carbons (Fsp3) is 0.929. The second-order valence-electron chi connectivity index (χ2n) is 6.41. The van der Waals surface area contributed by atoms with Crippen molar-refractivity contribution in [3.8, 4) is 6.07 Å². The summed E-state index contributed by atoms with van der Waals surface area (Å²) in [6.07, 6.45) is 2.25. The van der Waals surface area contributed by atoms with Crippen molar-refractivity contribution in [3.05, 3.63) is 0 Å². The second kappa shape index (κ2) is 5.84. The topological polar surface area (TPSA) is 53.0 Å². The lowest BCUT2D eigenvalue weighted by Crippen LogP contribution is -2.52. The summed E-state index contributed by atoms with van der Waals surface area (Å²) in [5.74, 6) is 1.67. The van der Waals surface area contributed by atoms with Crippen LogP contribution in [0.4, 0.5) is 0 Å². The zero-order valence-corrected chi connectivity index (χ0v) is 11.7. The summed E-state index contributed by atoms with van der Waals surface area (Å²) in [7, 11) is 0. The van der Waals surface area contributed by atoms with Gasteiger partial charge in [-0.3, -0.25) is 4.90 Å². The Bertz CT molecular complexity index is 266. The summed E-state index contributed by atoms with van der Waals surface area (Å²) in [6, 6.07) is 2.35. The first kappa shape index (κ1) is 14.5. The van der Waals surface area contributed by atoms with Gasteiger partial charge in [-0.15, -0.1) is 0 Å². The van der Waals surface area contributed by atoms with E-state index >= 15 is 0 Å². The van der Waals surface area contributed by atoms with E-state index in [9.17, 15) is 5.26 Å². The van der Waals surface area contributed by atoms with Crippen molar-refractivity contribution in [2.45, 2.75) is 46.1 Å². The molecule has 1 aliphatic carbocycles. The fourth-order valence-corrected chi connectivity index (χ4v) is 2.46. The molecule has 0 radical (unpaired) electrons. The van der Waals surface area contributed by atoms with Crippen LogP contribution in [-0.4, -0.2) is 30.1 Å². The van der Waals surface area contributed by atoms with Gasteiger partial charge in [0.15, 0.2) is 0 Å². The average Bonchev–Trinajstić information content (AvgIpc) is 2.98. The summed E-state index contributed by atoms with van der Waals surface area (Å²) in [6.45, 7) is 11.7. The summed E-state index contributed by atoms with van der Waals surface area (Å²) in [4.78, 5) is 2.37. The number of hydrogen-bond acceptors (Lipinski definition) is 3. The number of hydrogen-bond donors (Lipinski definition) is 1. The van der Waals surface area contributed by atoms with Crippen LogP contribution in [-0.2, 0) is 0 Å². The molecule has 0 aromatic rings. The van der Waals surface area contributed by atoms with E-state index in [4.69, 9.17) is 5.73 Å². The maximum absolute atomic E-state index is 9.31. The van der Waals surface area contributed by atoms with Crippen LogP contribution in [0.15, 0.2) is 0 Å². The number of nitriles is 1. The van der Waals surface area contributed by atoms with Crippen LogP contribution in [0.1, 0.15) is 40.5 Å². The van der Waals surface area contributed by atoms with Crippen LogP contribution in [0.25, 0.3) is 0 Å². The minimum absolute atomic E-state index is 0.425. The highest BCUT2D eigenvalue weighted by atomic mass is 15.2. The molecular weight excluding hydrogens is 210 g/mol. The SMILES string of the molecule is CC(C)CN(CC(C)C)CC(N)(C#N)C1CC1. The molecule has 1 unspecified atom stereocenters. The Balaban J connectivity index is 2.60. The third kappa shape index (κ3) is 4.65. The number of nitrogens with zero attached hydrogens (tertiary/aromatic N) is 2. The minimum atomic E-state index is -0.621. The average molecular weight is 237 g/mol. The van der Waals surface area contributed by atoms with Crippen molar-refractivity contribution in [1.82, 2.24) is 4.90 Å². The maximum Gasteiger partial charge on any atom is 0.119 e. The number of nitrogens with two attached hydrogens (primary N) is 1. The molecule has 0 aliphatic heterocycles. The Morgan fingerprint density at radius 2 is 1.71 bits per heavy atom. The monoisotopic (exact) mass is 237 g/mol. The fourth-order valence-electron chi connectivity index (χ4n) is 2.46. The molecule has 3 nitrogen and oxygen atoms in total. The van der Waals surface area contributed by atoms with Gasteiger partial charge >= 0.3 is 0 Å². The van der Waals surface area contributed by atoms with Crippen molar-refractivity contribution < 1.29 is 0 Å². The molecule has 1 atom stereocenters. The molecular formula is C14H27N3. The summed E-state index contributed by atoms with van der Waals surface area (Å²) in [5.41, 5.74) is 5.63. The van der Waals surface area contributed by atoms with Crippen molar-refractivity contribution in [2.75, 3.05) is 19.6 Å². The zero-order chi connectivity index (χ0) is 13.1. The van der Waals surface area contributed by atoms with Crippen LogP contribution in [0.3, 0.4) is 0 Å². The Labute approximate surface area is 106 Å². The van der Waals surface area contributed by atoms with E-state index < -0.39 is 5.54 Å². The largest absolute Gasteiger partial charge is 0.312 e. The van der Waals surface area contributed by atoms with E-state index in [-0.39, 0.29) is 0 Å². The van der Waals surface area contributed by atoms with Crippen LogP contribution in [0.2, 0.25) is 0 Å². The minimum Gasteiger partial charge on any atom is -0.312 e. The highest BCUT2D eigenvalue weighted by molar-refractivity contribution is 5.14. The number of rotatable bonds is 7. The first-order valence-electron chi connectivity index (χ1n) is 6.80. The van der Waals surface area contributed by atoms with Crippen LogP contribution in [0, 0.1) is 29.1 Å². The van der Waals surface area contributed by atoms with Gasteiger partial charge in [-0.25, -0.2) is 0 Å². The Morgan fingerprint density at radius 3 is 2.00 bits per heavy atom. The van der Waals surface area contributed by atoms with Crippen molar-refractivity contribution in [1.29, 1.82) is 5.26 Å². The molecule has 0 bridgehead atoms. The van der Waals surface area contributed by atoms with Crippen molar-refractivity contribution in [2.24, 2.45) is 23.5 Å². The van der Waals surface area contributed by atoms with Gasteiger partial charge in [-0.2, -0.15) is 5.26 Å². The van der Waals surface area contributed by atoms with E-state index in [1.807, 2.05) is 0 Å². The van der Waals surface area contributed by atoms with Crippen molar-refractivity contribution >= 4 is 0 Å². The van der Waals surface area contributed by atoms with Gasteiger partial charge in [0.25, 0.3) is 0 Å². The summed E-state index contributed by atoms with van der Waals surface area (Å²) in [5, 5.41) is 9.31. The molecule has 3 heteroatoms. The molecule has 0 heterocycles. The Morgan fingerprint density at radius 1 is 1.24 bits per heavy atom. The Hall–Kier alpha value is -0.590. The molecule has 17 heavy (non-hydrogen) atoms. The molecule has 0 saturated heterocycles. The van der Waals surface area contributed by atoms with Gasteiger partial charge in [0, 0.05) is 19.6 Å². The van der Waals surface area contributed by atoms with Crippen LogP contribution < -0.4 is 5.73 Å². The quantitative estimate of drug-likeness (QED) is 0.739. The van der Waals surface area contributed by atoms with E-state index in [2.05, 4.69) is 38.7 Å². The highest BCUT2D eigenvalue weighted by Crippen LogP contribution is 2.38. The third-order valence-electron chi connectivity index (χ3n) is 3.25. The second-order valence-corrected chi connectivity index (χ2v) is 6.41. The first-order chi connectivity index (χ1) is 7.87. The van der Waals surface area contributed by atoms with Gasteiger partial charge in [-0.1, -0.05) is 27.7 Å². The van der Waals surface area contributed by atoms with E-state index in [0.29, 0.717) is 17.8 Å². The first-order valence-corrected chi connectivity index (χ1v) is 6.80. The molecule has 0 spiro atoms. The standard InChI is InChI=1S/C14H27N3/c1-11(2)7-17(8-12(3)4)10-14(16,9-15)13-5-6-13/h11-13H,5-8,10,16H2,1-4H3. The molecule has 1 saturated carbocycles. The molecule has 1 rings (SSSR count). The van der Waals surface area contributed by atoms with E-state index in [1.54, 1.807) is 0 Å². The van der Waals surface area contributed by atoms with Gasteiger partial charge in [0.05, 0.1) is 6.07 Å². The van der Waals surface area contributed by atoms with Gasteiger partial charge in [-0.05, 0) is 30.6 Å². The lowest BCUT2D eigenvalue weighted by molar-refractivity contribution is 0.182. The lowest BCUT2D eigenvalue weighted by atomic mass is 9.95. The van der Waals surface area contributed by atoms with Crippen LogP contribution >= 0.6 is 0 Å². The third-order valence-corrected chi connectivity index (χ3v) is 3.25. The van der Waals surface area contributed by atoms with E-state index in [0.717, 1.165) is 32.5 Å². The highest BCUT2D eigenvalue weighted by Gasteiger charge is 2.43. The van der Waals surface area contributed by atoms with Gasteiger partial charge in [0.1, 0.15) is 5.54 Å². The van der Waals surface area contributed by atoms with Gasteiger partial charge < -0.3 is 5.73 Å². The molecule has 98 valence electrons. The maximum atomic E-state index is 9.31. The molecule has 1 fully saturated rings. The Kier molecular flexibility index (Phi) is 4.97. The lowest BCUT2D eigenvalue weighted by Gasteiger charge is -2.32. The predicted octanol–water partition coefficient (Wildman–Crippen LogP) is 2.23. The summed E-state index contributed by atoms with van der Waals surface area (Å²) < 4.78 is 0. The molecule has 0 amide bonds. The molecule has 0 aromatic carbocycles. The summed E-state index contributed by atoms with van der Waals surface area (Å²) >= 11 is 0. The normalized spacial score (nSPS) is 19.7. The predicted molar refractivity (Wildman–Crippen MR) is 71.4 cm³/mol. The zero-order valence-electron chi connectivity index (χ0n) is 11.7. The van der Waals surface area contributed by atoms with Gasteiger partial charge in [0.2, 0.25) is 0 Å². The molecule has 0 aromatic heterocycles. The van der Waals surface area contributed by atoms with Crippen molar-refractivity contribution in [3.63, 3.8) is 0 Å². The molecule has 1 aliphatic rings.